The topological polar surface area (TPSA) is 42.0 Å². The van der Waals surface area contributed by atoms with Crippen molar-refractivity contribution in [3.8, 4) is 0 Å². The van der Waals surface area contributed by atoms with E-state index in [1.807, 2.05) is 0 Å². The number of rotatable bonds is 4. The number of thiazole rings is 1. The largest absolute Gasteiger partial charge is 0.378 e. The summed E-state index contributed by atoms with van der Waals surface area (Å²) in [5.41, 5.74) is 1.08. The molecule has 1 heterocycles. The standard InChI is InChI=1S/C12H9Cl3N2OS/c1-6(18)7-2-9(13)11(10(14)3-7)16-4-8-5-17-12(15)19-8/h2-3,5,16H,4H2,1H3. The number of Topliss-reactive ketones (excluding diaryl/α,β-unsaturated/α-hetero) is 1. The third-order valence-electron chi connectivity index (χ3n) is 2.41. The Morgan fingerprint density at radius 3 is 2.42 bits per heavy atom. The van der Waals surface area contributed by atoms with Crippen LogP contribution in [0, 0.1) is 0 Å². The van der Waals surface area contributed by atoms with Gasteiger partial charge in [-0.25, -0.2) is 4.98 Å². The van der Waals surface area contributed by atoms with Crippen LogP contribution in [0.4, 0.5) is 5.69 Å². The Morgan fingerprint density at radius 1 is 1.32 bits per heavy atom. The van der Waals surface area contributed by atoms with Crippen LogP contribution in [0.5, 0.6) is 0 Å². The summed E-state index contributed by atoms with van der Waals surface area (Å²) in [6.07, 6.45) is 1.69. The predicted octanol–water partition coefficient (Wildman–Crippen LogP) is 4.92. The molecule has 0 aliphatic carbocycles. The van der Waals surface area contributed by atoms with Gasteiger partial charge in [-0.05, 0) is 19.1 Å². The second-order valence-corrected chi connectivity index (χ2v) is 6.32. The lowest BCUT2D eigenvalue weighted by Gasteiger charge is -2.10. The number of aromatic nitrogens is 1. The molecule has 0 atom stereocenters. The van der Waals surface area contributed by atoms with Crippen molar-refractivity contribution in [2.75, 3.05) is 5.32 Å². The van der Waals surface area contributed by atoms with Crippen LogP contribution in [0.15, 0.2) is 18.3 Å². The summed E-state index contributed by atoms with van der Waals surface area (Å²) in [7, 11) is 0. The maximum Gasteiger partial charge on any atom is 0.183 e. The quantitative estimate of drug-likeness (QED) is 0.806. The molecular formula is C12H9Cl3N2OS. The highest BCUT2D eigenvalue weighted by molar-refractivity contribution is 7.15. The number of benzene rings is 1. The normalized spacial score (nSPS) is 10.5. The molecular weight excluding hydrogens is 327 g/mol. The summed E-state index contributed by atoms with van der Waals surface area (Å²) >= 11 is 19.4. The number of halogens is 3. The smallest absolute Gasteiger partial charge is 0.183 e. The summed E-state index contributed by atoms with van der Waals surface area (Å²) in [4.78, 5) is 16.2. The van der Waals surface area contributed by atoms with Crippen molar-refractivity contribution in [3.05, 3.63) is 43.3 Å². The van der Waals surface area contributed by atoms with Gasteiger partial charge >= 0.3 is 0 Å². The third kappa shape index (κ3) is 3.60. The maximum atomic E-state index is 11.3. The van der Waals surface area contributed by atoms with Gasteiger partial charge < -0.3 is 5.32 Å². The van der Waals surface area contributed by atoms with Crippen molar-refractivity contribution in [2.24, 2.45) is 0 Å². The minimum atomic E-state index is -0.0791. The second kappa shape index (κ2) is 6.09. The molecule has 0 saturated carbocycles. The molecule has 0 amide bonds. The number of anilines is 1. The first-order valence-corrected chi connectivity index (χ1v) is 7.26. The highest BCUT2D eigenvalue weighted by Gasteiger charge is 2.11. The summed E-state index contributed by atoms with van der Waals surface area (Å²) < 4.78 is 0.487. The first-order valence-electron chi connectivity index (χ1n) is 5.31. The second-order valence-electron chi connectivity index (χ2n) is 3.80. The van der Waals surface area contributed by atoms with Gasteiger partial charge in [0.2, 0.25) is 0 Å². The number of hydrogen-bond acceptors (Lipinski definition) is 4. The van der Waals surface area contributed by atoms with Crippen molar-refractivity contribution in [1.29, 1.82) is 0 Å². The van der Waals surface area contributed by atoms with Crippen LogP contribution in [-0.2, 0) is 6.54 Å². The van der Waals surface area contributed by atoms with E-state index in [2.05, 4.69) is 10.3 Å². The van der Waals surface area contributed by atoms with Crippen LogP contribution in [-0.4, -0.2) is 10.8 Å². The van der Waals surface area contributed by atoms with E-state index in [4.69, 9.17) is 34.8 Å². The van der Waals surface area contributed by atoms with Gasteiger partial charge in [-0.1, -0.05) is 34.8 Å². The Labute approximate surface area is 129 Å². The van der Waals surface area contributed by atoms with Crippen molar-refractivity contribution in [2.45, 2.75) is 13.5 Å². The number of ketones is 1. The first kappa shape index (κ1) is 14.6. The molecule has 0 unspecified atom stereocenters. The average molecular weight is 336 g/mol. The SMILES string of the molecule is CC(=O)c1cc(Cl)c(NCc2cnc(Cl)s2)c(Cl)c1. The molecule has 100 valence electrons. The molecule has 0 saturated heterocycles. The zero-order valence-electron chi connectivity index (χ0n) is 9.84. The zero-order chi connectivity index (χ0) is 14.0. The molecule has 2 rings (SSSR count). The summed E-state index contributed by atoms with van der Waals surface area (Å²) in [6.45, 7) is 1.98. The summed E-state index contributed by atoms with van der Waals surface area (Å²) in [5, 5.41) is 3.93. The van der Waals surface area contributed by atoms with E-state index in [9.17, 15) is 4.79 Å². The van der Waals surface area contributed by atoms with Crippen LogP contribution in [0.2, 0.25) is 14.5 Å². The van der Waals surface area contributed by atoms with Gasteiger partial charge in [0.25, 0.3) is 0 Å². The number of nitrogens with one attached hydrogen (secondary N) is 1. The van der Waals surface area contributed by atoms with Gasteiger partial charge in [-0.2, -0.15) is 0 Å². The molecule has 7 heteroatoms. The molecule has 0 aliphatic heterocycles. The highest BCUT2D eigenvalue weighted by atomic mass is 35.5. The number of carbonyl (C=O) groups excluding carboxylic acids is 1. The Kier molecular flexibility index (Phi) is 4.68. The minimum Gasteiger partial charge on any atom is -0.378 e. The fourth-order valence-electron chi connectivity index (χ4n) is 1.49. The fraction of sp³-hybridized carbons (Fsp3) is 0.167. The third-order valence-corrected chi connectivity index (χ3v) is 4.12. The molecule has 0 fully saturated rings. The summed E-state index contributed by atoms with van der Waals surface area (Å²) in [6, 6.07) is 3.19. The average Bonchev–Trinajstić information content (AvgIpc) is 2.73. The van der Waals surface area contributed by atoms with Gasteiger partial charge in [0.15, 0.2) is 10.3 Å². The molecule has 0 aliphatic rings. The van der Waals surface area contributed by atoms with Gasteiger partial charge in [0.05, 0.1) is 22.3 Å². The number of carbonyl (C=O) groups is 1. The Bertz CT molecular complexity index is 604. The van der Waals surface area contributed by atoms with E-state index in [-0.39, 0.29) is 5.78 Å². The summed E-state index contributed by atoms with van der Waals surface area (Å²) in [5.74, 6) is -0.0791. The van der Waals surface area contributed by atoms with Crippen molar-refractivity contribution >= 4 is 57.6 Å². The molecule has 0 radical (unpaired) electrons. The van der Waals surface area contributed by atoms with Gasteiger partial charge in [-0.3, -0.25) is 4.79 Å². The Balaban J connectivity index is 2.18. The fourth-order valence-corrected chi connectivity index (χ4v) is 3.02. The van der Waals surface area contributed by atoms with E-state index in [1.165, 1.54) is 18.3 Å². The van der Waals surface area contributed by atoms with E-state index >= 15 is 0 Å². The van der Waals surface area contributed by atoms with Gasteiger partial charge in [0.1, 0.15) is 0 Å². The molecule has 1 N–H and O–H groups in total. The monoisotopic (exact) mass is 334 g/mol. The molecule has 3 nitrogen and oxygen atoms in total. The van der Waals surface area contributed by atoms with E-state index in [0.717, 1.165) is 4.88 Å². The Hall–Kier alpha value is -0.810. The van der Waals surface area contributed by atoms with Crippen molar-refractivity contribution in [3.63, 3.8) is 0 Å². The molecule has 1 aromatic heterocycles. The van der Waals surface area contributed by atoms with Crippen molar-refractivity contribution in [1.82, 2.24) is 4.98 Å². The van der Waals surface area contributed by atoms with Crippen LogP contribution in [0.3, 0.4) is 0 Å². The predicted molar refractivity (Wildman–Crippen MR) is 80.9 cm³/mol. The van der Waals surface area contributed by atoms with Crippen LogP contribution < -0.4 is 5.32 Å². The lowest BCUT2D eigenvalue weighted by molar-refractivity contribution is 0.101. The number of hydrogen-bond donors (Lipinski definition) is 1. The molecule has 0 bridgehead atoms. The molecule has 19 heavy (non-hydrogen) atoms. The lowest BCUT2D eigenvalue weighted by atomic mass is 10.1. The lowest BCUT2D eigenvalue weighted by Crippen LogP contribution is -2.01. The molecule has 1 aromatic carbocycles. The Morgan fingerprint density at radius 2 is 1.95 bits per heavy atom. The maximum absolute atomic E-state index is 11.3. The first-order chi connectivity index (χ1) is 8.97. The van der Waals surface area contributed by atoms with Gasteiger partial charge in [-0.15, -0.1) is 11.3 Å². The zero-order valence-corrected chi connectivity index (χ0v) is 12.9. The molecule has 0 spiro atoms. The van der Waals surface area contributed by atoms with E-state index in [0.29, 0.717) is 32.3 Å². The van der Waals surface area contributed by atoms with Crippen LogP contribution in [0.25, 0.3) is 0 Å². The van der Waals surface area contributed by atoms with Crippen molar-refractivity contribution < 1.29 is 4.79 Å². The number of nitrogens with zero attached hydrogens (tertiary/aromatic N) is 1. The molecule has 2 aromatic rings. The van der Waals surface area contributed by atoms with Crippen LogP contribution in [0.1, 0.15) is 22.2 Å². The van der Waals surface area contributed by atoms with E-state index in [1.54, 1.807) is 18.3 Å². The van der Waals surface area contributed by atoms with Crippen LogP contribution >= 0.6 is 46.1 Å². The van der Waals surface area contributed by atoms with Gasteiger partial charge in [0, 0.05) is 16.6 Å². The highest BCUT2D eigenvalue weighted by Crippen LogP contribution is 2.32. The minimum absolute atomic E-state index is 0.0791. The van der Waals surface area contributed by atoms with E-state index < -0.39 is 0 Å².